The molecule has 0 aliphatic rings. The Morgan fingerprint density at radius 2 is 2.00 bits per heavy atom. The third-order valence-electron chi connectivity index (χ3n) is 0.784. The maximum Gasteiger partial charge on any atom is 0.168 e. The fraction of sp³-hybridized carbons (Fsp3) is 0. The van der Waals surface area contributed by atoms with E-state index in [-0.39, 0.29) is 0 Å². The molecular weight excluding hydrogens is 104 g/mol. The summed E-state index contributed by atoms with van der Waals surface area (Å²) in [7, 11) is 0. The third-order valence-corrected chi connectivity index (χ3v) is 0.784. The monoisotopic (exact) mass is 108 g/mol. The smallest absolute Gasteiger partial charge is 0.168 e. The SMILES string of the molecule is [O]Oc1cc[c]cc1. The molecule has 2 heteroatoms. The first-order valence-corrected chi connectivity index (χ1v) is 2.19. The van der Waals surface area contributed by atoms with Crippen LogP contribution in [0.25, 0.3) is 0 Å². The minimum Gasteiger partial charge on any atom is -0.305 e. The Balaban J connectivity index is 2.83. The molecule has 0 heterocycles. The first-order valence-electron chi connectivity index (χ1n) is 2.19. The number of benzene rings is 1. The van der Waals surface area contributed by atoms with Gasteiger partial charge in [0.15, 0.2) is 5.75 Å². The zero-order valence-electron chi connectivity index (χ0n) is 4.13. The summed E-state index contributed by atoms with van der Waals surface area (Å²) in [5.74, 6) is 0.323. The van der Waals surface area contributed by atoms with Crippen LogP contribution in [0.4, 0.5) is 0 Å². The highest BCUT2D eigenvalue weighted by Gasteiger charge is 1.84. The lowest BCUT2D eigenvalue weighted by Crippen LogP contribution is -1.77. The lowest BCUT2D eigenvalue weighted by Gasteiger charge is -1.87. The highest BCUT2D eigenvalue weighted by molar-refractivity contribution is 5.19. The molecule has 1 aromatic rings. The molecule has 2 nitrogen and oxygen atoms in total. The largest absolute Gasteiger partial charge is 0.305 e. The van der Waals surface area contributed by atoms with Gasteiger partial charge < -0.3 is 4.89 Å². The van der Waals surface area contributed by atoms with Crippen molar-refractivity contribution >= 4 is 0 Å². The molecule has 1 aromatic carbocycles. The zero-order valence-corrected chi connectivity index (χ0v) is 4.13. The first kappa shape index (κ1) is 5.12. The molecule has 0 unspecified atom stereocenters. The maximum atomic E-state index is 9.62. The Morgan fingerprint density at radius 3 is 2.38 bits per heavy atom. The summed E-state index contributed by atoms with van der Waals surface area (Å²) in [4.78, 5) is 3.64. The predicted octanol–water partition coefficient (Wildman–Crippen LogP) is 1.21. The Morgan fingerprint density at radius 1 is 1.38 bits per heavy atom. The average Bonchev–Trinajstić information content (AvgIpc) is 1.90. The van der Waals surface area contributed by atoms with Crippen molar-refractivity contribution in [3.05, 3.63) is 30.3 Å². The summed E-state index contributed by atoms with van der Waals surface area (Å²) in [5.41, 5.74) is 0. The number of rotatable bonds is 1. The van der Waals surface area contributed by atoms with Gasteiger partial charge in [0, 0.05) is 5.26 Å². The van der Waals surface area contributed by atoms with E-state index in [1.807, 2.05) is 0 Å². The molecule has 8 heavy (non-hydrogen) atoms. The molecule has 0 aliphatic carbocycles. The van der Waals surface area contributed by atoms with Gasteiger partial charge in [-0.1, -0.05) is 12.1 Å². The molecule has 0 saturated heterocycles. The molecule has 0 atom stereocenters. The van der Waals surface area contributed by atoms with E-state index >= 15 is 0 Å². The van der Waals surface area contributed by atoms with Crippen LogP contribution in [0.1, 0.15) is 0 Å². The molecule has 0 saturated carbocycles. The molecule has 2 radical (unpaired) electrons. The van der Waals surface area contributed by atoms with Gasteiger partial charge in [-0.25, -0.2) is 0 Å². The summed E-state index contributed by atoms with van der Waals surface area (Å²) in [6.07, 6.45) is 0. The molecule has 40 valence electrons. The molecule has 0 spiro atoms. The standard InChI is InChI=1S/C6H4O2/c7-8-6-4-2-1-3-5-6/h2-5H. The van der Waals surface area contributed by atoms with E-state index in [1.165, 1.54) is 0 Å². The van der Waals surface area contributed by atoms with Crippen LogP contribution in [0.5, 0.6) is 5.75 Å². The maximum absolute atomic E-state index is 9.62. The molecule has 0 N–H and O–H groups in total. The Kier molecular flexibility index (Phi) is 1.49. The van der Waals surface area contributed by atoms with E-state index in [0.717, 1.165) is 0 Å². The second-order valence-corrected chi connectivity index (χ2v) is 1.32. The van der Waals surface area contributed by atoms with Gasteiger partial charge in [-0.15, -0.1) is 0 Å². The van der Waals surface area contributed by atoms with Gasteiger partial charge in [0.1, 0.15) is 0 Å². The van der Waals surface area contributed by atoms with E-state index in [9.17, 15) is 5.26 Å². The van der Waals surface area contributed by atoms with Crippen molar-refractivity contribution in [1.82, 2.24) is 0 Å². The van der Waals surface area contributed by atoms with Gasteiger partial charge in [0.2, 0.25) is 0 Å². The van der Waals surface area contributed by atoms with Crippen molar-refractivity contribution in [1.29, 1.82) is 0 Å². The van der Waals surface area contributed by atoms with Crippen molar-refractivity contribution < 1.29 is 10.1 Å². The fourth-order valence-corrected chi connectivity index (χ4v) is 0.427. The normalized spacial score (nSPS) is 8.62. The Hall–Kier alpha value is -1.02. The van der Waals surface area contributed by atoms with Gasteiger partial charge >= 0.3 is 0 Å². The van der Waals surface area contributed by atoms with Crippen LogP contribution < -0.4 is 4.89 Å². The predicted molar refractivity (Wildman–Crippen MR) is 26.6 cm³/mol. The topological polar surface area (TPSA) is 29.1 Å². The van der Waals surface area contributed by atoms with E-state index in [4.69, 9.17) is 0 Å². The molecular formula is C6H4O2. The van der Waals surface area contributed by atoms with Crippen LogP contribution in [-0.2, 0) is 5.26 Å². The third kappa shape index (κ3) is 0.978. The quantitative estimate of drug-likeness (QED) is 0.392. The van der Waals surface area contributed by atoms with Crippen molar-refractivity contribution in [2.24, 2.45) is 0 Å². The van der Waals surface area contributed by atoms with Crippen LogP contribution in [-0.4, -0.2) is 0 Å². The average molecular weight is 108 g/mol. The molecule has 0 bridgehead atoms. The fourth-order valence-electron chi connectivity index (χ4n) is 0.427. The van der Waals surface area contributed by atoms with Crippen LogP contribution >= 0.6 is 0 Å². The summed E-state index contributed by atoms with van der Waals surface area (Å²) >= 11 is 0. The van der Waals surface area contributed by atoms with Crippen molar-refractivity contribution in [3.8, 4) is 5.75 Å². The van der Waals surface area contributed by atoms with Gasteiger partial charge in [0.25, 0.3) is 0 Å². The van der Waals surface area contributed by atoms with E-state index in [1.54, 1.807) is 24.3 Å². The summed E-state index contributed by atoms with van der Waals surface area (Å²) in [6.45, 7) is 0. The van der Waals surface area contributed by atoms with Crippen molar-refractivity contribution in [3.63, 3.8) is 0 Å². The van der Waals surface area contributed by atoms with E-state index in [0.29, 0.717) is 5.75 Å². The van der Waals surface area contributed by atoms with Crippen molar-refractivity contribution in [2.75, 3.05) is 0 Å². The number of hydrogen-bond acceptors (Lipinski definition) is 1. The lowest BCUT2D eigenvalue weighted by atomic mass is 10.3. The van der Waals surface area contributed by atoms with Gasteiger partial charge in [0.05, 0.1) is 0 Å². The minimum absolute atomic E-state index is 0.323. The van der Waals surface area contributed by atoms with Gasteiger partial charge in [-0.05, 0) is 18.2 Å². The van der Waals surface area contributed by atoms with Crippen molar-refractivity contribution in [2.45, 2.75) is 0 Å². The highest BCUT2D eigenvalue weighted by Crippen LogP contribution is 2.05. The second-order valence-electron chi connectivity index (χ2n) is 1.32. The summed E-state index contributed by atoms with van der Waals surface area (Å²) < 4.78 is 0. The molecule has 0 aliphatic heterocycles. The highest BCUT2D eigenvalue weighted by atomic mass is 17.1. The van der Waals surface area contributed by atoms with E-state index < -0.39 is 0 Å². The van der Waals surface area contributed by atoms with Gasteiger partial charge in [-0.2, -0.15) is 0 Å². The van der Waals surface area contributed by atoms with Crippen LogP contribution in [0.2, 0.25) is 0 Å². The molecule has 1 rings (SSSR count). The second kappa shape index (κ2) is 2.33. The Labute approximate surface area is 47.3 Å². The van der Waals surface area contributed by atoms with E-state index in [2.05, 4.69) is 11.0 Å². The van der Waals surface area contributed by atoms with Crippen LogP contribution in [0.3, 0.4) is 0 Å². The van der Waals surface area contributed by atoms with Crippen LogP contribution in [0, 0.1) is 6.07 Å². The Bertz CT molecular complexity index is 148. The lowest BCUT2D eigenvalue weighted by molar-refractivity contribution is -0.208. The summed E-state index contributed by atoms with van der Waals surface area (Å²) in [6, 6.07) is 9.08. The first-order chi connectivity index (χ1) is 3.93. The number of hydrogen-bond donors (Lipinski definition) is 0. The van der Waals surface area contributed by atoms with Gasteiger partial charge in [-0.3, -0.25) is 0 Å². The zero-order chi connectivity index (χ0) is 5.82. The summed E-state index contributed by atoms with van der Waals surface area (Å²) in [5, 5.41) is 9.62. The molecule has 0 amide bonds. The molecule has 0 aromatic heterocycles. The van der Waals surface area contributed by atoms with Crippen LogP contribution in [0.15, 0.2) is 24.3 Å². The molecule has 0 fully saturated rings. The minimum atomic E-state index is 0.323.